The van der Waals surface area contributed by atoms with Crippen LogP contribution in [0, 0.1) is 0 Å². The highest BCUT2D eigenvalue weighted by Gasteiger charge is 2.13. The van der Waals surface area contributed by atoms with Crippen LogP contribution in [0.15, 0.2) is 188 Å². The summed E-state index contributed by atoms with van der Waals surface area (Å²) in [6, 6.07) is 61.8. The van der Waals surface area contributed by atoms with E-state index in [4.69, 9.17) is 9.97 Å². The van der Waals surface area contributed by atoms with Gasteiger partial charge in [-0.3, -0.25) is 4.98 Å². The Morgan fingerprint density at radius 1 is 0.300 bits per heavy atom. The Balaban J connectivity index is 1.12. The molecule has 0 saturated heterocycles. The van der Waals surface area contributed by atoms with E-state index in [9.17, 15) is 0 Å². The SMILES string of the molecule is c1ccc(-c2ccc(-c3nc(-c4ccc(-c5cccc6ccccc56)cc4)cc(-c4ccc(-c5cncc6ccccc56)cc4)n3)cc2)cc1. The Labute approximate surface area is 291 Å². The van der Waals surface area contributed by atoms with Crippen molar-refractivity contribution in [2.24, 2.45) is 0 Å². The first-order valence-electron chi connectivity index (χ1n) is 16.8. The quantitative estimate of drug-likeness (QED) is 0.182. The summed E-state index contributed by atoms with van der Waals surface area (Å²) >= 11 is 0. The summed E-state index contributed by atoms with van der Waals surface area (Å²) in [5, 5.41) is 4.80. The normalized spacial score (nSPS) is 11.2. The summed E-state index contributed by atoms with van der Waals surface area (Å²) in [4.78, 5) is 14.8. The number of pyridine rings is 1. The number of aromatic nitrogens is 3. The van der Waals surface area contributed by atoms with E-state index in [0.717, 1.165) is 50.2 Å². The number of fused-ring (bicyclic) bond motifs is 2. The number of benzene rings is 7. The van der Waals surface area contributed by atoms with Crippen molar-refractivity contribution in [2.45, 2.75) is 0 Å². The van der Waals surface area contributed by atoms with Crippen molar-refractivity contribution in [1.82, 2.24) is 15.0 Å². The van der Waals surface area contributed by atoms with Gasteiger partial charge in [-0.15, -0.1) is 0 Å². The summed E-state index contributed by atoms with van der Waals surface area (Å²) in [5.41, 5.74) is 11.8. The van der Waals surface area contributed by atoms with E-state index in [0.29, 0.717) is 5.82 Å². The third-order valence-corrected chi connectivity index (χ3v) is 9.42. The minimum absolute atomic E-state index is 0.692. The molecule has 0 aliphatic carbocycles. The lowest BCUT2D eigenvalue weighted by atomic mass is 9.96. The molecule has 9 rings (SSSR count). The summed E-state index contributed by atoms with van der Waals surface area (Å²) in [7, 11) is 0. The number of nitrogens with zero attached hydrogens (tertiary/aromatic N) is 3. The Morgan fingerprint density at radius 2 is 0.780 bits per heavy atom. The van der Waals surface area contributed by atoms with Crippen molar-refractivity contribution in [1.29, 1.82) is 0 Å². The highest BCUT2D eigenvalue weighted by Crippen LogP contribution is 2.34. The minimum Gasteiger partial charge on any atom is -0.263 e. The van der Waals surface area contributed by atoms with Crippen LogP contribution in [0.1, 0.15) is 0 Å². The van der Waals surface area contributed by atoms with Crippen molar-refractivity contribution < 1.29 is 0 Å². The molecule has 7 aromatic carbocycles. The lowest BCUT2D eigenvalue weighted by Gasteiger charge is -2.12. The highest BCUT2D eigenvalue weighted by atomic mass is 14.9. The van der Waals surface area contributed by atoms with Crippen molar-refractivity contribution in [2.75, 3.05) is 0 Å². The Hall–Kier alpha value is -6.71. The molecule has 2 heterocycles. The molecule has 0 N–H and O–H groups in total. The van der Waals surface area contributed by atoms with Crippen LogP contribution in [0.4, 0.5) is 0 Å². The molecule has 0 spiro atoms. The molecule has 0 unspecified atom stereocenters. The standard InChI is InChI=1S/C47H31N3/c1-2-9-32(10-3-1)33-17-27-39(28-18-33)47-49-45(37-23-19-35(20-24-37)42-16-8-13-34-11-4-6-14-41(34)42)29-46(50-47)38-25-21-36(22-26-38)44-31-48-30-40-12-5-7-15-43(40)44/h1-31H. The van der Waals surface area contributed by atoms with Crippen molar-refractivity contribution in [3.8, 4) is 67.3 Å². The van der Waals surface area contributed by atoms with E-state index in [-0.39, 0.29) is 0 Å². The van der Waals surface area contributed by atoms with Gasteiger partial charge < -0.3 is 0 Å². The summed E-state index contributed by atoms with van der Waals surface area (Å²) < 4.78 is 0. The molecule has 50 heavy (non-hydrogen) atoms. The first-order valence-corrected chi connectivity index (χ1v) is 16.8. The van der Waals surface area contributed by atoms with Crippen LogP contribution in [0.25, 0.3) is 88.8 Å². The molecule has 0 bridgehead atoms. The van der Waals surface area contributed by atoms with Crippen LogP contribution in [0.2, 0.25) is 0 Å². The van der Waals surface area contributed by atoms with Gasteiger partial charge in [0.1, 0.15) is 0 Å². The van der Waals surface area contributed by atoms with E-state index in [1.54, 1.807) is 0 Å². The second-order valence-electron chi connectivity index (χ2n) is 12.5. The van der Waals surface area contributed by atoms with Crippen molar-refractivity contribution in [3.63, 3.8) is 0 Å². The third kappa shape index (κ3) is 5.61. The number of hydrogen-bond donors (Lipinski definition) is 0. The third-order valence-electron chi connectivity index (χ3n) is 9.42. The zero-order chi connectivity index (χ0) is 33.3. The number of hydrogen-bond acceptors (Lipinski definition) is 3. The van der Waals surface area contributed by atoms with Crippen LogP contribution in [-0.2, 0) is 0 Å². The Kier molecular flexibility index (Phi) is 7.49. The average Bonchev–Trinajstić information content (AvgIpc) is 3.21. The van der Waals surface area contributed by atoms with E-state index >= 15 is 0 Å². The lowest BCUT2D eigenvalue weighted by Crippen LogP contribution is -1.96. The van der Waals surface area contributed by atoms with Gasteiger partial charge in [0.25, 0.3) is 0 Å². The summed E-state index contributed by atoms with van der Waals surface area (Å²) in [5.74, 6) is 0.692. The average molecular weight is 638 g/mol. The van der Waals surface area contributed by atoms with Crippen LogP contribution in [0.5, 0.6) is 0 Å². The molecular formula is C47H31N3. The smallest absolute Gasteiger partial charge is 0.160 e. The zero-order valence-electron chi connectivity index (χ0n) is 27.2. The maximum absolute atomic E-state index is 5.13. The first kappa shape index (κ1) is 29.4. The highest BCUT2D eigenvalue weighted by molar-refractivity contribution is 5.97. The minimum atomic E-state index is 0.692. The molecule has 0 saturated carbocycles. The van der Waals surface area contributed by atoms with Gasteiger partial charge in [0, 0.05) is 40.0 Å². The fourth-order valence-electron chi connectivity index (χ4n) is 6.78. The molecule has 9 aromatic rings. The van der Waals surface area contributed by atoms with E-state index in [1.807, 2.05) is 24.5 Å². The maximum Gasteiger partial charge on any atom is 0.160 e. The van der Waals surface area contributed by atoms with E-state index in [2.05, 4.69) is 169 Å². The van der Waals surface area contributed by atoms with Crippen molar-refractivity contribution >= 4 is 21.5 Å². The monoisotopic (exact) mass is 637 g/mol. The molecule has 0 aliphatic rings. The van der Waals surface area contributed by atoms with E-state index in [1.165, 1.54) is 32.8 Å². The molecule has 0 radical (unpaired) electrons. The van der Waals surface area contributed by atoms with E-state index < -0.39 is 0 Å². The van der Waals surface area contributed by atoms with Crippen LogP contribution in [0.3, 0.4) is 0 Å². The largest absolute Gasteiger partial charge is 0.263 e. The molecule has 234 valence electrons. The first-order chi connectivity index (χ1) is 24.8. The Bertz CT molecular complexity index is 2460. The predicted octanol–water partition coefficient (Wildman–Crippen LogP) is 12.2. The fourth-order valence-corrected chi connectivity index (χ4v) is 6.78. The van der Waals surface area contributed by atoms with Gasteiger partial charge in [-0.05, 0) is 50.0 Å². The van der Waals surface area contributed by atoms with Gasteiger partial charge in [-0.2, -0.15) is 0 Å². The van der Waals surface area contributed by atoms with Gasteiger partial charge in [-0.1, -0.05) is 170 Å². The van der Waals surface area contributed by atoms with Gasteiger partial charge in [0.05, 0.1) is 11.4 Å². The van der Waals surface area contributed by atoms with Gasteiger partial charge >= 0.3 is 0 Å². The maximum atomic E-state index is 5.13. The van der Waals surface area contributed by atoms with Gasteiger partial charge in [0.15, 0.2) is 5.82 Å². The molecule has 3 heteroatoms. The summed E-state index contributed by atoms with van der Waals surface area (Å²) in [6.07, 6.45) is 3.86. The molecule has 0 fully saturated rings. The second-order valence-corrected chi connectivity index (χ2v) is 12.5. The van der Waals surface area contributed by atoms with Gasteiger partial charge in [0.2, 0.25) is 0 Å². The molecule has 0 aliphatic heterocycles. The van der Waals surface area contributed by atoms with Gasteiger partial charge in [-0.25, -0.2) is 9.97 Å². The summed E-state index contributed by atoms with van der Waals surface area (Å²) in [6.45, 7) is 0. The predicted molar refractivity (Wildman–Crippen MR) is 207 cm³/mol. The van der Waals surface area contributed by atoms with Crippen LogP contribution < -0.4 is 0 Å². The topological polar surface area (TPSA) is 38.7 Å². The van der Waals surface area contributed by atoms with Crippen LogP contribution in [-0.4, -0.2) is 15.0 Å². The second kappa shape index (κ2) is 12.7. The lowest BCUT2D eigenvalue weighted by molar-refractivity contribution is 1.18. The molecule has 0 atom stereocenters. The number of rotatable bonds is 6. The Morgan fingerprint density at radius 3 is 1.46 bits per heavy atom. The molecule has 2 aromatic heterocycles. The fraction of sp³-hybridized carbons (Fsp3) is 0. The molecule has 3 nitrogen and oxygen atoms in total. The molecule has 0 amide bonds. The van der Waals surface area contributed by atoms with Crippen molar-refractivity contribution in [3.05, 3.63) is 188 Å². The molecular weight excluding hydrogens is 607 g/mol. The van der Waals surface area contributed by atoms with Crippen LogP contribution >= 0.6 is 0 Å². The zero-order valence-corrected chi connectivity index (χ0v) is 27.2.